The van der Waals surface area contributed by atoms with Gasteiger partial charge in [-0.1, -0.05) is 18.2 Å². The molecule has 2 amide bonds. The predicted molar refractivity (Wildman–Crippen MR) is 122 cm³/mol. The van der Waals surface area contributed by atoms with Crippen molar-refractivity contribution < 1.29 is 23.8 Å². The molecule has 3 rings (SSSR count). The van der Waals surface area contributed by atoms with E-state index < -0.39 is 0 Å². The Morgan fingerprint density at radius 3 is 2.34 bits per heavy atom. The van der Waals surface area contributed by atoms with Gasteiger partial charge in [-0.05, 0) is 60.2 Å². The maximum Gasteiger partial charge on any atom is 0.271 e. The monoisotopic (exact) mass is 433 g/mol. The Bertz CT molecular complexity index is 1100. The SMILES string of the molecule is COc1ccc(NC(=O)COc2cccc(C=NNC(=O)c3cccc(OC)c3)c2)cc1. The van der Waals surface area contributed by atoms with Gasteiger partial charge < -0.3 is 19.5 Å². The van der Waals surface area contributed by atoms with Gasteiger partial charge in [0.1, 0.15) is 17.2 Å². The van der Waals surface area contributed by atoms with Gasteiger partial charge in [0, 0.05) is 11.3 Å². The average Bonchev–Trinajstić information content (AvgIpc) is 2.83. The first kappa shape index (κ1) is 22.4. The summed E-state index contributed by atoms with van der Waals surface area (Å²) in [7, 11) is 3.11. The summed E-state index contributed by atoms with van der Waals surface area (Å²) in [5, 5.41) is 6.72. The second-order valence-corrected chi connectivity index (χ2v) is 6.57. The third-order valence-electron chi connectivity index (χ3n) is 4.31. The molecule has 0 radical (unpaired) electrons. The lowest BCUT2D eigenvalue weighted by atomic mass is 10.2. The second kappa shape index (κ2) is 11.2. The van der Waals surface area contributed by atoms with E-state index in [-0.39, 0.29) is 18.4 Å². The molecule has 0 spiro atoms. The van der Waals surface area contributed by atoms with Crippen LogP contribution in [-0.2, 0) is 4.79 Å². The Morgan fingerprint density at radius 1 is 0.875 bits per heavy atom. The van der Waals surface area contributed by atoms with E-state index in [2.05, 4.69) is 15.8 Å². The summed E-state index contributed by atoms with van der Waals surface area (Å²) < 4.78 is 15.7. The molecule has 0 aromatic heterocycles. The van der Waals surface area contributed by atoms with Crippen LogP contribution < -0.4 is 25.0 Å². The van der Waals surface area contributed by atoms with Crippen LogP contribution in [-0.4, -0.2) is 38.9 Å². The standard InChI is InChI=1S/C24H23N3O5/c1-30-20-11-9-19(10-12-20)26-23(28)16-32-22-8-3-5-17(13-22)15-25-27-24(29)18-6-4-7-21(14-18)31-2/h3-15H,16H2,1-2H3,(H,26,28)(H,27,29). The fourth-order valence-corrected chi connectivity index (χ4v) is 2.70. The molecule has 0 saturated carbocycles. The number of hydrogen-bond acceptors (Lipinski definition) is 6. The molecular weight excluding hydrogens is 410 g/mol. The van der Waals surface area contributed by atoms with Crippen molar-refractivity contribution in [3.63, 3.8) is 0 Å². The third kappa shape index (κ3) is 6.60. The Morgan fingerprint density at radius 2 is 1.59 bits per heavy atom. The summed E-state index contributed by atoms with van der Waals surface area (Å²) in [6.07, 6.45) is 1.49. The first-order valence-electron chi connectivity index (χ1n) is 9.71. The van der Waals surface area contributed by atoms with Crippen molar-refractivity contribution in [3.8, 4) is 17.2 Å². The number of rotatable bonds is 9. The molecule has 0 aliphatic carbocycles. The van der Waals surface area contributed by atoms with Crippen LogP contribution in [0.15, 0.2) is 77.9 Å². The summed E-state index contributed by atoms with van der Waals surface area (Å²) in [6.45, 7) is -0.154. The van der Waals surface area contributed by atoms with Gasteiger partial charge in [-0.3, -0.25) is 9.59 Å². The highest BCUT2D eigenvalue weighted by Crippen LogP contribution is 2.16. The molecule has 0 heterocycles. The smallest absolute Gasteiger partial charge is 0.271 e. The fourth-order valence-electron chi connectivity index (χ4n) is 2.70. The number of benzene rings is 3. The summed E-state index contributed by atoms with van der Waals surface area (Å²) in [5.74, 6) is 1.14. The highest BCUT2D eigenvalue weighted by atomic mass is 16.5. The maximum atomic E-state index is 12.2. The first-order valence-corrected chi connectivity index (χ1v) is 9.71. The zero-order chi connectivity index (χ0) is 22.8. The van der Waals surface area contributed by atoms with Gasteiger partial charge in [0.25, 0.3) is 11.8 Å². The number of carbonyl (C=O) groups is 2. The maximum absolute atomic E-state index is 12.2. The van der Waals surface area contributed by atoms with Crippen LogP contribution in [0.25, 0.3) is 0 Å². The van der Waals surface area contributed by atoms with E-state index in [1.54, 1.807) is 79.9 Å². The van der Waals surface area contributed by atoms with Crippen LogP contribution in [0.2, 0.25) is 0 Å². The van der Waals surface area contributed by atoms with E-state index in [0.717, 1.165) is 0 Å². The minimum atomic E-state index is -0.359. The average molecular weight is 433 g/mol. The molecule has 0 aliphatic heterocycles. The van der Waals surface area contributed by atoms with Crippen LogP contribution in [0, 0.1) is 0 Å². The lowest BCUT2D eigenvalue weighted by Crippen LogP contribution is -2.20. The minimum absolute atomic E-state index is 0.154. The molecule has 0 fully saturated rings. The number of ether oxygens (including phenoxy) is 3. The van der Waals surface area contributed by atoms with E-state index in [4.69, 9.17) is 14.2 Å². The Labute approximate surface area is 185 Å². The molecule has 2 N–H and O–H groups in total. The van der Waals surface area contributed by atoms with E-state index in [0.29, 0.717) is 34.1 Å². The molecule has 0 atom stereocenters. The Balaban J connectivity index is 1.50. The van der Waals surface area contributed by atoms with Crippen molar-refractivity contribution in [2.24, 2.45) is 5.10 Å². The van der Waals surface area contributed by atoms with E-state index in [1.165, 1.54) is 13.3 Å². The number of carbonyl (C=O) groups excluding carboxylic acids is 2. The van der Waals surface area contributed by atoms with Crippen LogP contribution in [0.1, 0.15) is 15.9 Å². The van der Waals surface area contributed by atoms with Gasteiger partial charge in [0.05, 0.1) is 20.4 Å². The van der Waals surface area contributed by atoms with E-state index in [9.17, 15) is 9.59 Å². The highest BCUT2D eigenvalue weighted by Gasteiger charge is 2.06. The first-order chi connectivity index (χ1) is 15.6. The number of nitrogens with zero attached hydrogens (tertiary/aromatic N) is 1. The molecule has 0 saturated heterocycles. The Kier molecular flexibility index (Phi) is 7.80. The van der Waals surface area contributed by atoms with Crippen LogP contribution in [0.4, 0.5) is 5.69 Å². The van der Waals surface area contributed by atoms with Crippen molar-refractivity contribution in [1.29, 1.82) is 0 Å². The molecule has 0 bridgehead atoms. The van der Waals surface area contributed by atoms with Gasteiger partial charge >= 0.3 is 0 Å². The lowest BCUT2D eigenvalue weighted by molar-refractivity contribution is -0.118. The van der Waals surface area contributed by atoms with Crippen LogP contribution >= 0.6 is 0 Å². The van der Waals surface area contributed by atoms with Crippen molar-refractivity contribution in [3.05, 3.63) is 83.9 Å². The van der Waals surface area contributed by atoms with Gasteiger partial charge in [-0.25, -0.2) is 5.43 Å². The molecule has 8 nitrogen and oxygen atoms in total. The number of nitrogens with one attached hydrogen (secondary N) is 2. The summed E-state index contributed by atoms with van der Waals surface area (Å²) >= 11 is 0. The number of methoxy groups -OCH3 is 2. The largest absolute Gasteiger partial charge is 0.497 e. The van der Waals surface area contributed by atoms with Crippen molar-refractivity contribution in [1.82, 2.24) is 5.43 Å². The molecule has 0 unspecified atom stereocenters. The summed E-state index contributed by atoms with van der Waals surface area (Å²) in [4.78, 5) is 24.3. The quantitative estimate of drug-likeness (QED) is 0.398. The molecule has 3 aromatic rings. The number of amides is 2. The zero-order valence-electron chi connectivity index (χ0n) is 17.7. The minimum Gasteiger partial charge on any atom is -0.497 e. The molecule has 0 aliphatic rings. The predicted octanol–water partition coefficient (Wildman–Crippen LogP) is 3.49. The zero-order valence-corrected chi connectivity index (χ0v) is 17.7. The molecule has 3 aromatic carbocycles. The fraction of sp³-hybridized carbons (Fsp3) is 0.125. The highest BCUT2D eigenvalue weighted by molar-refractivity contribution is 5.95. The van der Waals surface area contributed by atoms with Crippen LogP contribution in [0.5, 0.6) is 17.2 Å². The summed E-state index contributed by atoms with van der Waals surface area (Å²) in [5.41, 5.74) is 4.24. The molecular formula is C24H23N3O5. The summed E-state index contributed by atoms with van der Waals surface area (Å²) in [6, 6.07) is 20.8. The molecule has 8 heteroatoms. The van der Waals surface area contributed by atoms with Gasteiger partial charge in [-0.2, -0.15) is 5.10 Å². The van der Waals surface area contributed by atoms with Gasteiger partial charge in [-0.15, -0.1) is 0 Å². The van der Waals surface area contributed by atoms with Crippen molar-refractivity contribution >= 4 is 23.7 Å². The molecule has 32 heavy (non-hydrogen) atoms. The van der Waals surface area contributed by atoms with E-state index in [1.807, 2.05) is 0 Å². The topological polar surface area (TPSA) is 98.3 Å². The normalized spacial score (nSPS) is 10.4. The number of anilines is 1. The Hall–Kier alpha value is -4.33. The van der Waals surface area contributed by atoms with Gasteiger partial charge in [0.15, 0.2) is 6.61 Å². The van der Waals surface area contributed by atoms with E-state index >= 15 is 0 Å². The number of hydrazone groups is 1. The number of hydrogen-bond donors (Lipinski definition) is 2. The van der Waals surface area contributed by atoms with Crippen molar-refractivity contribution in [2.75, 3.05) is 26.1 Å². The lowest BCUT2D eigenvalue weighted by Gasteiger charge is -2.08. The van der Waals surface area contributed by atoms with Crippen molar-refractivity contribution in [2.45, 2.75) is 0 Å². The van der Waals surface area contributed by atoms with Crippen LogP contribution in [0.3, 0.4) is 0 Å². The molecule has 164 valence electrons. The van der Waals surface area contributed by atoms with Gasteiger partial charge in [0.2, 0.25) is 0 Å². The second-order valence-electron chi connectivity index (χ2n) is 6.57. The third-order valence-corrected chi connectivity index (χ3v) is 4.31.